The van der Waals surface area contributed by atoms with E-state index in [1.165, 1.54) is 5.57 Å². The number of nitrogens with zero attached hydrogens (tertiary/aromatic N) is 1. The first kappa shape index (κ1) is 30.8. The monoisotopic (exact) mass is 549 g/mol. The van der Waals surface area contributed by atoms with E-state index < -0.39 is 23.9 Å². The van der Waals surface area contributed by atoms with Crippen molar-refractivity contribution in [2.45, 2.75) is 44.8 Å². The average Bonchev–Trinajstić information content (AvgIpc) is 3.80. The minimum absolute atomic E-state index is 0.117. The van der Waals surface area contributed by atoms with Crippen molar-refractivity contribution in [2.75, 3.05) is 39.4 Å². The second-order valence-corrected chi connectivity index (χ2v) is 9.88. The van der Waals surface area contributed by atoms with Crippen molar-refractivity contribution < 1.29 is 24.3 Å². The maximum absolute atomic E-state index is 12.8. The molecular weight excluding hydrogens is 510 g/mol. The molecule has 2 fully saturated rings. The van der Waals surface area contributed by atoms with E-state index in [0.717, 1.165) is 45.7 Å². The Balaban J connectivity index is 1.53. The molecule has 0 radical (unpaired) electrons. The summed E-state index contributed by atoms with van der Waals surface area (Å²) in [4.78, 5) is 39.5. The third-order valence-corrected chi connectivity index (χ3v) is 6.59. The standard InChI is InChI=1S/C30H39N5O5/c1-4-23(20-35-15-17-40-18-16-35)7-5-21(2)6-8-24-9-11-25(12-10-24)29(37)33-28(30(38)34-39)22(3)32-27(36)19-31-26-13-14-26/h4-5,7,9-12,22,26,28,31,39H,2,13-20H2,1,3H3,(H,32,36)(H,33,37)(H,34,38)/b7-5-,23-4+/t22-,28+/m1/s1. The highest BCUT2D eigenvalue weighted by Gasteiger charge is 2.29. The number of amides is 3. The zero-order valence-electron chi connectivity index (χ0n) is 23.2. The van der Waals surface area contributed by atoms with Crippen LogP contribution in [0, 0.1) is 11.8 Å². The summed E-state index contributed by atoms with van der Waals surface area (Å²) in [6.07, 6.45) is 8.06. The van der Waals surface area contributed by atoms with Crippen LogP contribution < -0.4 is 21.4 Å². The fraction of sp³-hybridized carbons (Fsp3) is 0.433. The summed E-state index contributed by atoms with van der Waals surface area (Å²) in [5, 5.41) is 17.5. The summed E-state index contributed by atoms with van der Waals surface area (Å²) < 4.78 is 5.40. The van der Waals surface area contributed by atoms with Gasteiger partial charge in [0.2, 0.25) is 5.91 Å². The molecule has 0 unspecified atom stereocenters. The molecule has 10 nitrogen and oxygen atoms in total. The fourth-order valence-electron chi connectivity index (χ4n) is 3.99. The van der Waals surface area contributed by atoms with E-state index in [0.29, 0.717) is 22.7 Å². The summed E-state index contributed by atoms with van der Waals surface area (Å²) in [6.45, 7) is 11.9. The molecule has 10 heteroatoms. The molecule has 2 aliphatic rings. The number of hydrogen-bond acceptors (Lipinski definition) is 7. The molecule has 1 aliphatic carbocycles. The molecule has 0 spiro atoms. The minimum Gasteiger partial charge on any atom is -0.379 e. The molecule has 1 aromatic rings. The van der Waals surface area contributed by atoms with Gasteiger partial charge in [0.15, 0.2) is 0 Å². The first-order valence-electron chi connectivity index (χ1n) is 13.5. The Morgan fingerprint density at radius 2 is 1.85 bits per heavy atom. The Labute approximate surface area is 235 Å². The Morgan fingerprint density at radius 3 is 2.48 bits per heavy atom. The van der Waals surface area contributed by atoms with E-state index in [2.05, 4.69) is 45.3 Å². The molecule has 3 amide bonds. The van der Waals surface area contributed by atoms with Gasteiger partial charge < -0.3 is 20.7 Å². The summed E-state index contributed by atoms with van der Waals surface area (Å²) >= 11 is 0. The van der Waals surface area contributed by atoms with Crippen molar-refractivity contribution in [1.82, 2.24) is 26.3 Å². The summed E-state index contributed by atoms with van der Waals surface area (Å²) in [7, 11) is 0. The van der Waals surface area contributed by atoms with Gasteiger partial charge in [-0.25, -0.2) is 5.48 Å². The maximum atomic E-state index is 12.8. The van der Waals surface area contributed by atoms with Crippen molar-refractivity contribution in [1.29, 1.82) is 0 Å². The molecule has 1 saturated heterocycles. The van der Waals surface area contributed by atoms with Gasteiger partial charge in [-0.1, -0.05) is 30.6 Å². The van der Waals surface area contributed by atoms with Gasteiger partial charge in [0.1, 0.15) is 6.04 Å². The highest BCUT2D eigenvalue weighted by Crippen LogP contribution is 2.18. The number of carbonyl (C=O) groups is 3. The molecule has 1 heterocycles. The van der Waals surface area contributed by atoms with Gasteiger partial charge in [0, 0.05) is 42.4 Å². The third-order valence-electron chi connectivity index (χ3n) is 6.59. The summed E-state index contributed by atoms with van der Waals surface area (Å²) in [5.41, 5.74) is 4.38. The van der Waals surface area contributed by atoms with Crippen LogP contribution in [0.1, 0.15) is 42.6 Å². The van der Waals surface area contributed by atoms with Gasteiger partial charge in [-0.05, 0) is 62.6 Å². The van der Waals surface area contributed by atoms with Crippen molar-refractivity contribution in [3.05, 3.63) is 71.3 Å². The number of rotatable bonds is 12. The Bertz CT molecular complexity index is 1170. The van der Waals surface area contributed by atoms with Crippen LogP contribution >= 0.6 is 0 Å². The lowest BCUT2D eigenvalue weighted by molar-refractivity contribution is -0.132. The van der Waals surface area contributed by atoms with Crippen molar-refractivity contribution in [3.8, 4) is 11.8 Å². The number of hydroxylamine groups is 1. The van der Waals surface area contributed by atoms with Crippen LogP contribution in [0.25, 0.3) is 0 Å². The van der Waals surface area contributed by atoms with Crippen LogP contribution in [0.2, 0.25) is 0 Å². The quantitative estimate of drug-likeness (QED) is 0.115. The van der Waals surface area contributed by atoms with E-state index in [-0.39, 0.29) is 12.5 Å². The molecule has 40 heavy (non-hydrogen) atoms. The van der Waals surface area contributed by atoms with Crippen LogP contribution in [0.15, 0.2) is 60.2 Å². The molecule has 2 atom stereocenters. The zero-order chi connectivity index (χ0) is 28.9. The van der Waals surface area contributed by atoms with Gasteiger partial charge in [-0.3, -0.25) is 24.5 Å². The van der Waals surface area contributed by atoms with E-state index in [1.807, 2.05) is 19.1 Å². The Kier molecular flexibility index (Phi) is 12.1. The highest BCUT2D eigenvalue weighted by molar-refractivity contribution is 5.98. The molecule has 1 aromatic carbocycles. The van der Waals surface area contributed by atoms with Crippen molar-refractivity contribution >= 4 is 17.7 Å². The molecule has 5 N–H and O–H groups in total. The average molecular weight is 550 g/mol. The van der Waals surface area contributed by atoms with Gasteiger partial charge in [-0.15, -0.1) is 0 Å². The number of allylic oxidation sites excluding steroid dienone is 3. The number of carbonyl (C=O) groups excluding carboxylic acids is 3. The molecular formula is C30H39N5O5. The predicted octanol–water partition coefficient (Wildman–Crippen LogP) is 1.29. The minimum atomic E-state index is -1.18. The summed E-state index contributed by atoms with van der Waals surface area (Å²) in [6, 6.07) is 5.00. The number of morpholine rings is 1. The van der Waals surface area contributed by atoms with Gasteiger partial charge in [-0.2, -0.15) is 0 Å². The lowest BCUT2D eigenvalue weighted by Gasteiger charge is -2.26. The van der Waals surface area contributed by atoms with Crippen LogP contribution in [-0.4, -0.2) is 85.3 Å². The van der Waals surface area contributed by atoms with Crippen molar-refractivity contribution in [2.24, 2.45) is 0 Å². The maximum Gasteiger partial charge on any atom is 0.268 e. The van der Waals surface area contributed by atoms with Crippen LogP contribution in [0.5, 0.6) is 0 Å². The Hall–Kier alpha value is -3.75. The topological polar surface area (TPSA) is 132 Å². The molecule has 1 aliphatic heterocycles. The number of benzene rings is 1. The van der Waals surface area contributed by atoms with Gasteiger partial charge >= 0.3 is 0 Å². The largest absolute Gasteiger partial charge is 0.379 e. The van der Waals surface area contributed by atoms with Crippen molar-refractivity contribution in [3.63, 3.8) is 0 Å². The zero-order valence-corrected chi connectivity index (χ0v) is 23.2. The van der Waals surface area contributed by atoms with Crippen LogP contribution in [0.4, 0.5) is 0 Å². The number of hydrogen-bond donors (Lipinski definition) is 5. The van der Waals surface area contributed by atoms with E-state index in [1.54, 1.807) is 36.7 Å². The van der Waals surface area contributed by atoms with Gasteiger partial charge in [0.05, 0.1) is 25.8 Å². The molecule has 0 bridgehead atoms. The lowest BCUT2D eigenvalue weighted by atomic mass is 10.1. The number of ether oxygens (including phenoxy) is 1. The molecule has 1 saturated carbocycles. The fourth-order valence-corrected chi connectivity index (χ4v) is 3.99. The third kappa shape index (κ3) is 10.4. The Morgan fingerprint density at radius 1 is 1.15 bits per heavy atom. The second kappa shape index (κ2) is 15.7. The normalized spacial score (nSPS) is 17.3. The molecule has 0 aromatic heterocycles. The first-order chi connectivity index (χ1) is 19.3. The first-order valence-corrected chi connectivity index (χ1v) is 13.5. The van der Waals surface area contributed by atoms with E-state index in [9.17, 15) is 14.4 Å². The molecule has 214 valence electrons. The van der Waals surface area contributed by atoms with Crippen LogP contribution in [0.3, 0.4) is 0 Å². The highest BCUT2D eigenvalue weighted by atomic mass is 16.5. The van der Waals surface area contributed by atoms with E-state index >= 15 is 0 Å². The second-order valence-electron chi connectivity index (χ2n) is 9.88. The van der Waals surface area contributed by atoms with Gasteiger partial charge in [0.25, 0.3) is 11.8 Å². The lowest BCUT2D eigenvalue weighted by Crippen LogP contribution is -2.58. The predicted molar refractivity (Wildman–Crippen MR) is 152 cm³/mol. The molecule has 3 rings (SSSR count). The number of nitrogens with one attached hydrogen (secondary N) is 4. The SMILES string of the molecule is C=C(C#Cc1ccc(C(=O)N[C@H](C(=O)NO)[C@@H](C)NC(=O)CNC2CC2)cc1)/C=C\C(=C/C)CN1CCOCC1. The van der Waals surface area contributed by atoms with Crippen LogP contribution in [-0.2, 0) is 14.3 Å². The van der Waals surface area contributed by atoms with E-state index in [4.69, 9.17) is 9.94 Å². The smallest absolute Gasteiger partial charge is 0.268 e. The summed E-state index contributed by atoms with van der Waals surface area (Å²) in [5.74, 6) is 4.39.